The fourth-order valence-corrected chi connectivity index (χ4v) is 3.39. The number of benzene rings is 2. The maximum atomic E-state index is 13.9. The maximum Gasteiger partial charge on any atom is 0.238 e. The van der Waals surface area contributed by atoms with Gasteiger partial charge in [-0.15, -0.1) is 11.8 Å². The largest absolute Gasteiger partial charge is 0.292 e. The minimum Gasteiger partial charge on any atom is -0.292 e. The van der Waals surface area contributed by atoms with E-state index in [9.17, 15) is 13.6 Å². The molecule has 2 aromatic carbocycles. The molecule has 5 heteroatoms. The highest BCUT2D eigenvalue weighted by Crippen LogP contribution is 2.42. The molecule has 0 N–H and O–H groups in total. The highest BCUT2D eigenvalue weighted by Gasteiger charge is 2.35. The van der Waals surface area contributed by atoms with Crippen molar-refractivity contribution < 1.29 is 13.6 Å². The first-order chi connectivity index (χ1) is 9.66. The molecule has 0 unspecified atom stereocenters. The van der Waals surface area contributed by atoms with E-state index in [0.717, 1.165) is 17.7 Å². The molecule has 2 nitrogen and oxygen atoms in total. The summed E-state index contributed by atoms with van der Waals surface area (Å²) in [5.74, 6) is -1.26. The number of hydrogen-bond donors (Lipinski definition) is 0. The van der Waals surface area contributed by atoms with E-state index >= 15 is 0 Å². The summed E-state index contributed by atoms with van der Waals surface area (Å²) in [5.41, 5.74) is 1.04. The lowest BCUT2D eigenvalue weighted by Gasteiger charge is -2.24. The Hall–Kier alpha value is -1.88. The van der Waals surface area contributed by atoms with Crippen molar-refractivity contribution in [2.45, 2.75) is 5.37 Å². The van der Waals surface area contributed by atoms with E-state index in [1.807, 2.05) is 30.3 Å². The standard InChI is InChI=1S/C15H11F2NOS/c16-11-6-7-13(12(17)8-11)18-14(19)9-20-15(18)10-4-2-1-3-5-10/h1-8,15H,9H2/t15-/m1/s1. The second-order valence-corrected chi connectivity index (χ2v) is 5.50. The summed E-state index contributed by atoms with van der Waals surface area (Å²) in [7, 11) is 0. The van der Waals surface area contributed by atoms with Crippen LogP contribution in [-0.2, 0) is 4.79 Å². The van der Waals surface area contributed by atoms with Gasteiger partial charge in [-0.1, -0.05) is 30.3 Å². The summed E-state index contributed by atoms with van der Waals surface area (Å²) in [5, 5.41) is -0.274. The van der Waals surface area contributed by atoms with Crippen LogP contribution < -0.4 is 4.90 Å². The van der Waals surface area contributed by atoms with Crippen LogP contribution in [0.2, 0.25) is 0 Å². The van der Waals surface area contributed by atoms with Gasteiger partial charge in [0.05, 0.1) is 11.4 Å². The van der Waals surface area contributed by atoms with Crippen molar-refractivity contribution in [3.05, 3.63) is 65.7 Å². The predicted octanol–water partition coefficient (Wildman–Crippen LogP) is 3.74. The molecule has 0 spiro atoms. The number of nitrogens with zero attached hydrogens (tertiary/aromatic N) is 1. The molecule has 1 atom stereocenters. The van der Waals surface area contributed by atoms with Gasteiger partial charge in [-0.05, 0) is 17.7 Å². The number of hydrogen-bond acceptors (Lipinski definition) is 2. The SMILES string of the molecule is O=C1CS[C@H](c2ccccc2)N1c1ccc(F)cc1F. The van der Waals surface area contributed by atoms with Crippen LogP contribution in [0.25, 0.3) is 0 Å². The van der Waals surface area contributed by atoms with E-state index in [-0.39, 0.29) is 22.7 Å². The lowest BCUT2D eigenvalue weighted by atomic mass is 10.2. The Bertz CT molecular complexity index is 648. The lowest BCUT2D eigenvalue weighted by molar-refractivity contribution is -0.115. The Balaban J connectivity index is 2.03. The van der Waals surface area contributed by atoms with E-state index in [4.69, 9.17) is 0 Å². The third-order valence-corrected chi connectivity index (χ3v) is 4.33. The van der Waals surface area contributed by atoms with Gasteiger partial charge >= 0.3 is 0 Å². The van der Waals surface area contributed by atoms with E-state index < -0.39 is 11.6 Å². The van der Waals surface area contributed by atoms with Gasteiger partial charge in [0.1, 0.15) is 17.0 Å². The van der Waals surface area contributed by atoms with E-state index in [0.29, 0.717) is 0 Å². The van der Waals surface area contributed by atoms with Crippen molar-refractivity contribution in [2.24, 2.45) is 0 Å². The van der Waals surface area contributed by atoms with Gasteiger partial charge in [0, 0.05) is 6.07 Å². The second kappa shape index (κ2) is 5.25. The fourth-order valence-electron chi connectivity index (χ4n) is 2.23. The van der Waals surface area contributed by atoms with Crippen LogP contribution in [0.15, 0.2) is 48.5 Å². The van der Waals surface area contributed by atoms with E-state index in [2.05, 4.69) is 0 Å². The van der Waals surface area contributed by atoms with Crippen molar-refractivity contribution in [1.29, 1.82) is 0 Å². The van der Waals surface area contributed by atoms with Crippen LogP contribution in [0, 0.1) is 11.6 Å². The zero-order chi connectivity index (χ0) is 14.1. The summed E-state index contributed by atoms with van der Waals surface area (Å²) >= 11 is 1.44. The lowest BCUT2D eigenvalue weighted by Crippen LogP contribution is -2.28. The third kappa shape index (κ3) is 2.29. The average molecular weight is 291 g/mol. The monoisotopic (exact) mass is 291 g/mol. The maximum absolute atomic E-state index is 13.9. The molecule has 102 valence electrons. The van der Waals surface area contributed by atoms with Gasteiger partial charge in [-0.3, -0.25) is 9.69 Å². The second-order valence-electron chi connectivity index (χ2n) is 4.43. The number of rotatable bonds is 2. The third-order valence-electron chi connectivity index (χ3n) is 3.12. The Morgan fingerprint density at radius 2 is 1.85 bits per heavy atom. The first kappa shape index (κ1) is 13.1. The topological polar surface area (TPSA) is 20.3 Å². The van der Waals surface area contributed by atoms with Crippen LogP contribution in [0.5, 0.6) is 0 Å². The molecule has 1 saturated heterocycles. The van der Waals surface area contributed by atoms with Crippen LogP contribution in [-0.4, -0.2) is 11.7 Å². The molecule has 1 heterocycles. The van der Waals surface area contributed by atoms with Crippen LogP contribution in [0.4, 0.5) is 14.5 Å². The van der Waals surface area contributed by atoms with Gasteiger partial charge in [-0.25, -0.2) is 8.78 Å². The number of anilines is 1. The van der Waals surface area contributed by atoms with Crippen molar-refractivity contribution in [3.63, 3.8) is 0 Å². The molecule has 3 rings (SSSR count). The number of amides is 1. The van der Waals surface area contributed by atoms with Crippen molar-refractivity contribution in [1.82, 2.24) is 0 Å². The zero-order valence-electron chi connectivity index (χ0n) is 10.4. The molecule has 0 radical (unpaired) electrons. The molecular formula is C15H11F2NOS. The minimum absolute atomic E-state index is 0.121. The summed E-state index contributed by atoms with van der Waals surface area (Å²) in [6.07, 6.45) is 0. The summed E-state index contributed by atoms with van der Waals surface area (Å²) in [6, 6.07) is 12.7. The van der Waals surface area contributed by atoms with Crippen molar-refractivity contribution >= 4 is 23.4 Å². The normalized spacial score (nSPS) is 18.6. The first-order valence-electron chi connectivity index (χ1n) is 6.10. The van der Waals surface area contributed by atoms with Crippen molar-refractivity contribution in [2.75, 3.05) is 10.7 Å². The quantitative estimate of drug-likeness (QED) is 0.840. The molecule has 0 saturated carbocycles. The summed E-state index contributed by atoms with van der Waals surface area (Å²) in [4.78, 5) is 13.4. The highest BCUT2D eigenvalue weighted by atomic mass is 32.2. The molecule has 20 heavy (non-hydrogen) atoms. The molecular weight excluding hydrogens is 280 g/mol. The molecule has 0 bridgehead atoms. The molecule has 2 aromatic rings. The average Bonchev–Trinajstić information content (AvgIpc) is 2.82. The molecule has 1 aliphatic rings. The number of carbonyl (C=O) groups excluding carboxylic acids is 1. The molecule has 1 fully saturated rings. The highest BCUT2D eigenvalue weighted by molar-refractivity contribution is 8.00. The molecule has 1 amide bonds. The van der Waals surface area contributed by atoms with Crippen LogP contribution in [0.3, 0.4) is 0 Å². The van der Waals surface area contributed by atoms with Crippen molar-refractivity contribution in [3.8, 4) is 0 Å². The molecule has 0 aromatic heterocycles. The summed E-state index contributed by atoms with van der Waals surface area (Å²) in [6.45, 7) is 0. The Morgan fingerprint density at radius 3 is 2.55 bits per heavy atom. The minimum atomic E-state index is -0.721. The van der Waals surface area contributed by atoms with Gasteiger partial charge in [0.25, 0.3) is 0 Å². The predicted molar refractivity (Wildman–Crippen MR) is 75.5 cm³/mol. The van der Waals surface area contributed by atoms with Crippen LogP contribution >= 0.6 is 11.8 Å². The first-order valence-corrected chi connectivity index (χ1v) is 7.15. The Labute approximate surface area is 119 Å². The van der Waals surface area contributed by atoms with E-state index in [1.165, 1.54) is 22.7 Å². The number of carbonyl (C=O) groups is 1. The molecule has 1 aliphatic heterocycles. The number of thioether (sulfide) groups is 1. The smallest absolute Gasteiger partial charge is 0.238 e. The number of halogens is 2. The Kier molecular flexibility index (Phi) is 3.44. The Morgan fingerprint density at radius 1 is 1.10 bits per heavy atom. The molecule has 0 aliphatic carbocycles. The summed E-state index contributed by atoms with van der Waals surface area (Å²) < 4.78 is 26.9. The van der Waals surface area contributed by atoms with Crippen LogP contribution in [0.1, 0.15) is 10.9 Å². The fraction of sp³-hybridized carbons (Fsp3) is 0.133. The van der Waals surface area contributed by atoms with Gasteiger partial charge < -0.3 is 0 Å². The van der Waals surface area contributed by atoms with Gasteiger partial charge in [0.15, 0.2) is 0 Å². The van der Waals surface area contributed by atoms with Gasteiger partial charge in [0.2, 0.25) is 5.91 Å². The zero-order valence-corrected chi connectivity index (χ0v) is 11.2. The van der Waals surface area contributed by atoms with E-state index in [1.54, 1.807) is 0 Å². The van der Waals surface area contributed by atoms with Gasteiger partial charge in [-0.2, -0.15) is 0 Å².